The van der Waals surface area contributed by atoms with Gasteiger partial charge in [0, 0.05) is 17.0 Å². The summed E-state index contributed by atoms with van der Waals surface area (Å²) < 4.78 is 5.02. The van der Waals surface area contributed by atoms with Crippen molar-refractivity contribution in [3.63, 3.8) is 0 Å². The third-order valence-electron chi connectivity index (χ3n) is 3.84. The molecule has 1 aliphatic rings. The number of carbonyl (C=O) groups excluding carboxylic acids is 2. The Morgan fingerprint density at radius 3 is 2.73 bits per heavy atom. The Morgan fingerprint density at radius 1 is 1.23 bits per heavy atom. The predicted molar refractivity (Wildman–Crippen MR) is 98.8 cm³/mol. The van der Waals surface area contributed by atoms with Crippen molar-refractivity contribution >= 4 is 23.8 Å². The van der Waals surface area contributed by atoms with Gasteiger partial charge in [-0.05, 0) is 19.9 Å². The van der Waals surface area contributed by atoms with Crippen LogP contribution < -0.4 is 10.6 Å². The predicted octanol–water partition coefficient (Wildman–Crippen LogP) is 2.16. The van der Waals surface area contributed by atoms with Crippen molar-refractivity contribution in [2.24, 2.45) is 0 Å². The number of thioether (sulfide) groups is 1. The van der Waals surface area contributed by atoms with Crippen molar-refractivity contribution in [2.45, 2.75) is 31.1 Å². The number of amides is 2. The number of aromatic nitrogens is 2. The van der Waals surface area contributed by atoms with Gasteiger partial charge in [-0.2, -0.15) is 0 Å². The highest BCUT2D eigenvalue weighted by Crippen LogP contribution is 2.23. The van der Waals surface area contributed by atoms with E-state index in [1.165, 1.54) is 11.8 Å². The molecule has 0 saturated carbocycles. The first-order valence-electron chi connectivity index (χ1n) is 8.34. The minimum atomic E-state index is -0.701. The second kappa shape index (κ2) is 8.18. The summed E-state index contributed by atoms with van der Waals surface area (Å²) in [5, 5.41) is 5.95. The number of nitrogens with one attached hydrogen (secondary N) is 2. The second-order valence-electron chi connectivity index (χ2n) is 5.81. The van der Waals surface area contributed by atoms with E-state index < -0.39 is 12.0 Å². The number of esters is 1. The molecule has 0 radical (unpaired) electrons. The SMILES string of the molecule is CCOC(=O)C1NC(=O)NC1CSc1nc(C)cc(-c2ccccc2)n1. The van der Waals surface area contributed by atoms with Gasteiger partial charge in [0.15, 0.2) is 5.16 Å². The Balaban J connectivity index is 1.72. The summed E-state index contributed by atoms with van der Waals surface area (Å²) in [6, 6.07) is 10.3. The molecule has 7 nitrogen and oxygen atoms in total. The fraction of sp³-hybridized carbons (Fsp3) is 0.333. The molecule has 2 amide bonds. The van der Waals surface area contributed by atoms with E-state index in [1.807, 2.05) is 43.3 Å². The van der Waals surface area contributed by atoms with E-state index in [0.717, 1.165) is 17.0 Å². The van der Waals surface area contributed by atoms with Crippen LogP contribution in [-0.4, -0.2) is 46.4 Å². The van der Waals surface area contributed by atoms with Crippen LogP contribution in [0.15, 0.2) is 41.6 Å². The van der Waals surface area contributed by atoms with Crippen molar-refractivity contribution in [3.8, 4) is 11.3 Å². The number of rotatable bonds is 6. The lowest BCUT2D eigenvalue weighted by atomic mass is 10.1. The summed E-state index contributed by atoms with van der Waals surface area (Å²) in [5.41, 5.74) is 2.72. The maximum absolute atomic E-state index is 12.0. The molecule has 0 aliphatic carbocycles. The molecule has 1 fully saturated rings. The van der Waals surface area contributed by atoms with Gasteiger partial charge in [-0.15, -0.1) is 0 Å². The van der Waals surface area contributed by atoms with Crippen molar-refractivity contribution in [3.05, 3.63) is 42.1 Å². The number of ether oxygens (including phenoxy) is 1. The Hall–Kier alpha value is -2.61. The Morgan fingerprint density at radius 2 is 2.00 bits per heavy atom. The number of benzene rings is 1. The third-order valence-corrected chi connectivity index (χ3v) is 4.81. The van der Waals surface area contributed by atoms with Gasteiger partial charge in [0.2, 0.25) is 0 Å². The van der Waals surface area contributed by atoms with E-state index in [0.29, 0.717) is 10.9 Å². The van der Waals surface area contributed by atoms with Crippen LogP contribution >= 0.6 is 11.8 Å². The van der Waals surface area contributed by atoms with Gasteiger partial charge >= 0.3 is 12.0 Å². The fourth-order valence-electron chi connectivity index (χ4n) is 2.66. The molecule has 2 unspecified atom stereocenters. The lowest BCUT2D eigenvalue weighted by Crippen LogP contribution is -2.43. The summed E-state index contributed by atoms with van der Waals surface area (Å²) in [6.45, 7) is 3.92. The lowest BCUT2D eigenvalue weighted by molar-refractivity contribution is -0.145. The molecule has 2 heterocycles. The Bertz CT molecular complexity index is 800. The number of hydrogen-bond acceptors (Lipinski definition) is 6. The van der Waals surface area contributed by atoms with Crippen molar-refractivity contribution < 1.29 is 14.3 Å². The highest BCUT2D eigenvalue weighted by molar-refractivity contribution is 7.99. The van der Waals surface area contributed by atoms with Gasteiger partial charge in [-0.25, -0.2) is 19.6 Å². The standard InChI is InChI=1S/C18H20N4O3S/c1-3-25-16(23)15-14(20-17(24)22-15)10-26-18-19-11(2)9-13(21-18)12-7-5-4-6-8-12/h4-9,14-15H,3,10H2,1-2H3,(H2,20,22,24). The monoisotopic (exact) mass is 372 g/mol. The number of carbonyl (C=O) groups is 2. The second-order valence-corrected chi connectivity index (χ2v) is 6.80. The molecule has 2 aromatic rings. The molecule has 26 heavy (non-hydrogen) atoms. The average molecular weight is 372 g/mol. The van der Waals surface area contributed by atoms with Gasteiger partial charge < -0.3 is 15.4 Å². The van der Waals surface area contributed by atoms with Crippen LogP contribution in [0, 0.1) is 6.92 Å². The summed E-state index contributed by atoms with van der Waals surface area (Å²) in [7, 11) is 0. The molecule has 2 atom stereocenters. The summed E-state index contributed by atoms with van der Waals surface area (Å²) in [4.78, 5) is 32.6. The first-order valence-corrected chi connectivity index (χ1v) is 9.33. The van der Waals surface area contributed by atoms with Gasteiger partial charge in [-0.3, -0.25) is 0 Å². The topological polar surface area (TPSA) is 93.2 Å². The van der Waals surface area contributed by atoms with E-state index >= 15 is 0 Å². The Kier molecular flexibility index (Phi) is 5.72. The normalized spacial score (nSPS) is 18.9. The van der Waals surface area contributed by atoms with Crippen molar-refractivity contribution in [1.82, 2.24) is 20.6 Å². The van der Waals surface area contributed by atoms with Gasteiger partial charge in [0.25, 0.3) is 0 Å². The fourth-order valence-corrected chi connectivity index (χ4v) is 3.63. The maximum Gasteiger partial charge on any atom is 0.330 e. The minimum Gasteiger partial charge on any atom is -0.464 e. The molecule has 3 rings (SSSR count). The van der Waals surface area contributed by atoms with Crippen LogP contribution in [0.2, 0.25) is 0 Å². The molecule has 0 spiro atoms. The zero-order valence-electron chi connectivity index (χ0n) is 14.6. The van der Waals surface area contributed by atoms with Crippen LogP contribution in [0.1, 0.15) is 12.6 Å². The minimum absolute atomic E-state index is 0.270. The van der Waals surface area contributed by atoms with Crippen LogP contribution in [-0.2, 0) is 9.53 Å². The van der Waals surface area contributed by atoms with E-state index in [9.17, 15) is 9.59 Å². The molecular weight excluding hydrogens is 352 g/mol. The van der Waals surface area contributed by atoms with Crippen LogP contribution in [0.3, 0.4) is 0 Å². The highest BCUT2D eigenvalue weighted by Gasteiger charge is 2.38. The van der Waals surface area contributed by atoms with Gasteiger partial charge in [0.05, 0.1) is 18.3 Å². The molecule has 1 aromatic carbocycles. The number of urea groups is 1. The summed E-state index contributed by atoms with van der Waals surface area (Å²) in [5.74, 6) is 0.0199. The largest absolute Gasteiger partial charge is 0.464 e. The molecule has 1 saturated heterocycles. The molecule has 1 aliphatic heterocycles. The highest BCUT2D eigenvalue weighted by atomic mass is 32.2. The number of hydrogen-bond donors (Lipinski definition) is 2. The molecule has 0 bridgehead atoms. The van der Waals surface area contributed by atoms with Gasteiger partial charge in [0.1, 0.15) is 6.04 Å². The Labute approximate surface area is 156 Å². The third kappa shape index (κ3) is 4.32. The summed E-state index contributed by atoms with van der Waals surface area (Å²) in [6.07, 6.45) is 0. The van der Waals surface area contributed by atoms with Crippen molar-refractivity contribution in [2.75, 3.05) is 12.4 Å². The zero-order chi connectivity index (χ0) is 18.5. The average Bonchev–Trinajstić information content (AvgIpc) is 3.01. The van der Waals surface area contributed by atoms with Gasteiger partial charge in [-0.1, -0.05) is 42.1 Å². The molecule has 2 N–H and O–H groups in total. The van der Waals surface area contributed by atoms with E-state index in [1.54, 1.807) is 6.92 Å². The van der Waals surface area contributed by atoms with Crippen LogP contribution in [0.4, 0.5) is 4.79 Å². The maximum atomic E-state index is 12.0. The zero-order valence-corrected chi connectivity index (χ0v) is 15.4. The van der Waals surface area contributed by atoms with E-state index in [-0.39, 0.29) is 18.7 Å². The van der Waals surface area contributed by atoms with Crippen LogP contribution in [0.25, 0.3) is 11.3 Å². The van der Waals surface area contributed by atoms with E-state index in [2.05, 4.69) is 20.6 Å². The molecule has 136 valence electrons. The summed E-state index contributed by atoms with van der Waals surface area (Å²) >= 11 is 1.40. The molecular formula is C18H20N4O3S. The van der Waals surface area contributed by atoms with Crippen LogP contribution in [0.5, 0.6) is 0 Å². The molecule has 8 heteroatoms. The smallest absolute Gasteiger partial charge is 0.330 e. The number of nitrogens with zero attached hydrogens (tertiary/aromatic N) is 2. The lowest BCUT2D eigenvalue weighted by Gasteiger charge is -2.16. The van der Waals surface area contributed by atoms with Crippen molar-refractivity contribution in [1.29, 1.82) is 0 Å². The first-order chi connectivity index (χ1) is 12.6. The quantitative estimate of drug-likeness (QED) is 0.459. The molecule has 1 aromatic heterocycles. The first kappa shape index (κ1) is 18.2. The number of aryl methyl sites for hydroxylation is 1. The van der Waals surface area contributed by atoms with E-state index in [4.69, 9.17) is 4.74 Å².